The molecule has 110 valence electrons. The molecule has 4 nitrogen and oxygen atoms in total. The first-order chi connectivity index (χ1) is 9.72. The largest absolute Gasteiger partial charge is 0.497 e. The third kappa shape index (κ3) is 4.53. The third-order valence-electron chi connectivity index (χ3n) is 3.62. The molecule has 1 aromatic rings. The molecule has 2 N–H and O–H groups in total. The molecule has 1 fully saturated rings. The zero-order valence-corrected chi connectivity index (χ0v) is 12.3. The minimum Gasteiger partial charge on any atom is -0.497 e. The molecule has 0 radical (unpaired) electrons. The Hall–Kier alpha value is -1.55. The van der Waals surface area contributed by atoms with E-state index in [2.05, 4.69) is 17.6 Å². The number of amides is 1. The zero-order valence-electron chi connectivity index (χ0n) is 12.3. The topological polar surface area (TPSA) is 50.4 Å². The zero-order chi connectivity index (χ0) is 14.4. The molecule has 0 saturated heterocycles. The second-order valence-corrected chi connectivity index (χ2v) is 5.28. The van der Waals surface area contributed by atoms with Gasteiger partial charge in [0.25, 0.3) is 0 Å². The molecular formula is C16H24N2O2. The van der Waals surface area contributed by atoms with Crippen LogP contribution in [-0.2, 0) is 4.79 Å². The van der Waals surface area contributed by atoms with Crippen molar-refractivity contribution in [2.45, 2.75) is 44.7 Å². The first-order valence-corrected chi connectivity index (χ1v) is 7.39. The van der Waals surface area contributed by atoms with Crippen LogP contribution in [0, 0.1) is 0 Å². The maximum atomic E-state index is 11.9. The Labute approximate surface area is 120 Å². The van der Waals surface area contributed by atoms with Gasteiger partial charge in [0.15, 0.2) is 0 Å². The number of ether oxygens (including phenoxy) is 1. The van der Waals surface area contributed by atoms with Crippen molar-refractivity contribution in [1.82, 2.24) is 10.6 Å². The molecule has 1 atom stereocenters. The molecule has 1 aliphatic rings. The summed E-state index contributed by atoms with van der Waals surface area (Å²) in [5, 5.41) is 6.45. The van der Waals surface area contributed by atoms with E-state index in [0.717, 1.165) is 24.3 Å². The van der Waals surface area contributed by atoms with E-state index in [0.29, 0.717) is 12.5 Å². The summed E-state index contributed by atoms with van der Waals surface area (Å²) in [6.45, 7) is 2.85. The number of carbonyl (C=O) groups is 1. The van der Waals surface area contributed by atoms with Gasteiger partial charge in [-0.1, -0.05) is 19.1 Å². The molecule has 2 rings (SSSR count). The van der Waals surface area contributed by atoms with Crippen LogP contribution >= 0.6 is 0 Å². The first-order valence-electron chi connectivity index (χ1n) is 7.39. The van der Waals surface area contributed by atoms with Gasteiger partial charge in [-0.3, -0.25) is 4.79 Å². The molecule has 0 heterocycles. The Kier molecular flexibility index (Phi) is 5.41. The Bertz CT molecular complexity index is 427. The number of hydrogen-bond acceptors (Lipinski definition) is 3. The van der Waals surface area contributed by atoms with E-state index in [-0.39, 0.29) is 11.9 Å². The lowest BCUT2D eigenvalue weighted by atomic mass is 10.0. The summed E-state index contributed by atoms with van der Waals surface area (Å²) in [5.74, 6) is 0.949. The number of hydrogen-bond donors (Lipinski definition) is 2. The maximum absolute atomic E-state index is 11.9. The quantitative estimate of drug-likeness (QED) is 0.766. The summed E-state index contributed by atoms with van der Waals surface area (Å²) in [6.07, 6.45) is 3.94. The highest BCUT2D eigenvalue weighted by Crippen LogP contribution is 2.20. The van der Waals surface area contributed by atoms with Gasteiger partial charge >= 0.3 is 0 Å². The minimum atomic E-state index is 0.0781. The fourth-order valence-electron chi connectivity index (χ4n) is 2.20. The summed E-state index contributed by atoms with van der Waals surface area (Å²) in [6, 6.07) is 8.61. The van der Waals surface area contributed by atoms with Crippen LogP contribution < -0.4 is 15.4 Å². The lowest BCUT2D eigenvalue weighted by Gasteiger charge is -2.18. The third-order valence-corrected chi connectivity index (χ3v) is 3.62. The molecule has 0 aliphatic heterocycles. The summed E-state index contributed by atoms with van der Waals surface area (Å²) in [4.78, 5) is 11.9. The number of methoxy groups -OCH3 is 1. The van der Waals surface area contributed by atoms with Gasteiger partial charge in [0, 0.05) is 19.0 Å². The van der Waals surface area contributed by atoms with Crippen LogP contribution in [0.4, 0.5) is 0 Å². The van der Waals surface area contributed by atoms with Gasteiger partial charge in [0.2, 0.25) is 5.91 Å². The van der Waals surface area contributed by atoms with Crippen LogP contribution in [0.2, 0.25) is 0 Å². The van der Waals surface area contributed by atoms with Gasteiger partial charge in [-0.2, -0.15) is 0 Å². The summed E-state index contributed by atoms with van der Waals surface area (Å²) in [7, 11) is 1.65. The lowest BCUT2D eigenvalue weighted by molar-refractivity contribution is -0.121. The predicted octanol–water partition coefficient (Wildman–Crippen LogP) is 2.40. The van der Waals surface area contributed by atoms with E-state index < -0.39 is 0 Å². The van der Waals surface area contributed by atoms with Crippen molar-refractivity contribution in [3.05, 3.63) is 29.8 Å². The molecule has 1 amide bonds. The Balaban J connectivity index is 1.81. The van der Waals surface area contributed by atoms with Gasteiger partial charge in [0.05, 0.1) is 13.2 Å². The van der Waals surface area contributed by atoms with Crippen LogP contribution in [0.1, 0.15) is 44.2 Å². The standard InChI is InChI=1S/C16H24N2O2/c1-3-15(12-4-8-14(20-2)9-5-12)18-16(19)10-11-17-13-6-7-13/h4-5,8-9,13,15,17H,3,6-7,10-11H2,1-2H3,(H,18,19). The van der Waals surface area contributed by atoms with Gasteiger partial charge in [-0.15, -0.1) is 0 Å². The maximum Gasteiger partial charge on any atom is 0.221 e. The van der Waals surface area contributed by atoms with E-state index in [1.165, 1.54) is 12.8 Å². The van der Waals surface area contributed by atoms with Crippen molar-refractivity contribution in [3.8, 4) is 5.75 Å². The Morgan fingerprint density at radius 1 is 1.35 bits per heavy atom. The Morgan fingerprint density at radius 3 is 2.60 bits per heavy atom. The van der Waals surface area contributed by atoms with Crippen molar-refractivity contribution in [3.63, 3.8) is 0 Å². The van der Waals surface area contributed by atoms with Gasteiger partial charge in [-0.05, 0) is 37.0 Å². The van der Waals surface area contributed by atoms with E-state index in [9.17, 15) is 4.79 Å². The first kappa shape index (κ1) is 14.9. The van der Waals surface area contributed by atoms with Crippen LogP contribution in [0.3, 0.4) is 0 Å². The van der Waals surface area contributed by atoms with Crippen LogP contribution in [-0.4, -0.2) is 25.6 Å². The molecule has 0 aromatic heterocycles. The second-order valence-electron chi connectivity index (χ2n) is 5.28. The van der Waals surface area contributed by atoms with E-state index in [4.69, 9.17) is 4.74 Å². The van der Waals surface area contributed by atoms with Crippen molar-refractivity contribution < 1.29 is 9.53 Å². The second kappa shape index (κ2) is 7.29. The fourth-order valence-corrected chi connectivity index (χ4v) is 2.20. The van der Waals surface area contributed by atoms with E-state index in [1.54, 1.807) is 7.11 Å². The monoisotopic (exact) mass is 276 g/mol. The SMILES string of the molecule is CCC(NC(=O)CCNC1CC1)c1ccc(OC)cc1. The normalized spacial score (nSPS) is 15.7. The highest BCUT2D eigenvalue weighted by atomic mass is 16.5. The summed E-state index contributed by atoms with van der Waals surface area (Å²) >= 11 is 0. The molecule has 1 saturated carbocycles. The van der Waals surface area contributed by atoms with Gasteiger partial charge < -0.3 is 15.4 Å². The molecule has 20 heavy (non-hydrogen) atoms. The number of nitrogens with one attached hydrogen (secondary N) is 2. The van der Waals surface area contributed by atoms with Crippen molar-refractivity contribution in [1.29, 1.82) is 0 Å². The van der Waals surface area contributed by atoms with E-state index >= 15 is 0 Å². The van der Waals surface area contributed by atoms with Crippen LogP contribution in [0.15, 0.2) is 24.3 Å². The number of carbonyl (C=O) groups excluding carboxylic acids is 1. The molecule has 1 unspecified atom stereocenters. The fraction of sp³-hybridized carbons (Fsp3) is 0.562. The number of benzene rings is 1. The molecule has 0 bridgehead atoms. The molecular weight excluding hydrogens is 252 g/mol. The average molecular weight is 276 g/mol. The average Bonchev–Trinajstić information content (AvgIpc) is 3.29. The van der Waals surface area contributed by atoms with Crippen LogP contribution in [0.25, 0.3) is 0 Å². The highest BCUT2D eigenvalue weighted by molar-refractivity contribution is 5.76. The predicted molar refractivity (Wildman–Crippen MR) is 79.8 cm³/mol. The lowest BCUT2D eigenvalue weighted by Crippen LogP contribution is -2.31. The van der Waals surface area contributed by atoms with E-state index in [1.807, 2.05) is 24.3 Å². The van der Waals surface area contributed by atoms with Gasteiger partial charge in [0.1, 0.15) is 5.75 Å². The molecule has 4 heteroatoms. The van der Waals surface area contributed by atoms with Crippen LogP contribution in [0.5, 0.6) is 5.75 Å². The minimum absolute atomic E-state index is 0.0781. The molecule has 1 aliphatic carbocycles. The molecule has 0 spiro atoms. The van der Waals surface area contributed by atoms with Crippen molar-refractivity contribution >= 4 is 5.91 Å². The van der Waals surface area contributed by atoms with Gasteiger partial charge in [-0.25, -0.2) is 0 Å². The summed E-state index contributed by atoms with van der Waals surface area (Å²) < 4.78 is 5.15. The Morgan fingerprint density at radius 2 is 2.05 bits per heavy atom. The van der Waals surface area contributed by atoms with Crippen molar-refractivity contribution in [2.24, 2.45) is 0 Å². The van der Waals surface area contributed by atoms with Crippen molar-refractivity contribution in [2.75, 3.05) is 13.7 Å². The summed E-state index contributed by atoms with van der Waals surface area (Å²) in [5.41, 5.74) is 1.12. The smallest absolute Gasteiger partial charge is 0.221 e. The molecule has 1 aromatic carbocycles. The number of rotatable bonds is 8. The highest BCUT2D eigenvalue weighted by Gasteiger charge is 2.20.